The molecule has 1 fully saturated rings. The summed E-state index contributed by atoms with van der Waals surface area (Å²) in [7, 11) is 0. The maximum atomic E-state index is 10.7. The van der Waals surface area contributed by atoms with Crippen LogP contribution < -0.4 is 0 Å². The Kier molecular flexibility index (Phi) is 3.29. The van der Waals surface area contributed by atoms with Crippen LogP contribution >= 0.6 is 0 Å². The van der Waals surface area contributed by atoms with Crippen molar-refractivity contribution < 1.29 is 14.6 Å². The summed E-state index contributed by atoms with van der Waals surface area (Å²) in [6.45, 7) is 3.14. The number of aliphatic carboxylic acids is 1. The highest BCUT2D eigenvalue weighted by Gasteiger charge is 2.14. The molecule has 1 saturated heterocycles. The molecule has 1 aliphatic rings. The standard InChI is InChI=1S/C9H14O3/c1-2-8(9(10)11)7-4-3-5-12-6-7/h2-6H2,1H3,(H,10,11)/b8-7-. The lowest BCUT2D eigenvalue weighted by atomic mass is 10.0. The van der Waals surface area contributed by atoms with Crippen LogP contribution in [0, 0.1) is 0 Å². The number of rotatable bonds is 2. The van der Waals surface area contributed by atoms with Gasteiger partial charge in [-0.2, -0.15) is 0 Å². The smallest absolute Gasteiger partial charge is 0.331 e. The third-order valence-electron chi connectivity index (χ3n) is 2.08. The number of hydrogen-bond acceptors (Lipinski definition) is 2. The van der Waals surface area contributed by atoms with Crippen molar-refractivity contribution in [2.75, 3.05) is 13.2 Å². The highest BCUT2D eigenvalue weighted by atomic mass is 16.5. The number of carbonyl (C=O) groups is 1. The summed E-state index contributed by atoms with van der Waals surface area (Å²) in [6, 6.07) is 0. The molecular weight excluding hydrogens is 156 g/mol. The molecule has 0 radical (unpaired) electrons. The van der Waals surface area contributed by atoms with E-state index >= 15 is 0 Å². The SMILES string of the molecule is CC/C(C(=O)O)=C1\CCCOC1. The van der Waals surface area contributed by atoms with Crippen molar-refractivity contribution in [3.05, 3.63) is 11.1 Å². The van der Waals surface area contributed by atoms with Crippen molar-refractivity contribution in [2.45, 2.75) is 26.2 Å². The topological polar surface area (TPSA) is 46.5 Å². The average Bonchev–Trinajstić information content (AvgIpc) is 2.07. The van der Waals surface area contributed by atoms with Gasteiger partial charge < -0.3 is 9.84 Å². The first-order valence-corrected chi connectivity index (χ1v) is 4.27. The second-order valence-corrected chi connectivity index (χ2v) is 2.90. The molecule has 0 aromatic carbocycles. The molecule has 12 heavy (non-hydrogen) atoms. The van der Waals surface area contributed by atoms with Crippen molar-refractivity contribution in [3.8, 4) is 0 Å². The van der Waals surface area contributed by atoms with E-state index in [1.165, 1.54) is 0 Å². The van der Waals surface area contributed by atoms with Crippen LogP contribution in [-0.4, -0.2) is 24.3 Å². The highest BCUT2D eigenvalue weighted by molar-refractivity contribution is 5.87. The molecule has 0 atom stereocenters. The second-order valence-electron chi connectivity index (χ2n) is 2.90. The number of hydrogen-bond donors (Lipinski definition) is 1. The third-order valence-corrected chi connectivity index (χ3v) is 2.08. The van der Waals surface area contributed by atoms with E-state index in [-0.39, 0.29) is 0 Å². The van der Waals surface area contributed by atoms with Crippen molar-refractivity contribution in [1.29, 1.82) is 0 Å². The molecule has 0 unspecified atom stereocenters. The minimum absolute atomic E-state index is 0.509. The van der Waals surface area contributed by atoms with Gasteiger partial charge >= 0.3 is 5.97 Å². The molecular formula is C9H14O3. The van der Waals surface area contributed by atoms with Gasteiger partial charge in [-0.1, -0.05) is 6.92 Å². The van der Waals surface area contributed by atoms with E-state index in [4.69, 9.17) is 9.84 Å². The molecule has 0 bridgehead atoms. The van der Waals surface area contributed by atoms with Gasteiger partial charge in [-0.05, 0) is 24.8 Å². The van der Waals surface area contributed by atoms with Gasteiger partial charge in [0.2, 0.25) is 0 Å². The zero-order chi connectivity index (χ0) is 8.97. The van der Waals surface area contributed by atoms with E-state index in [0.717, 1.165) is 25.0 Å². The lowest BCUT2D eigenvalue weighted by Crippen LogP contribution is -2.13. The number of carboxylic acids is 1. The summed E-state index contributed by atoms with van der Waals surface area (Å²) in [6.07, 6.45) is 2.43. The maximum absolute atomic E-state index is 10.7. The first-order valence-electron chi connectivity index (χ1n) is 4.27. The zero-order valence-electron chi connectivity index (χ0n) is 7.30. The van der Waals surface area contributed by atoms with Crippen LogP contribution in [0.25, 0.3) is 0 Å². The molecule has 68 valence electrons. The Hall–Kier alpha value is -0.830. The Morgan fingerprint density at radius 2 is 2.42 bits per heavy atom. The van der Waals surface area contributed by atoms with Gasteiger partial charge in [0.25, 0.3) is 0 Å². The van der Waals surface area contributed by atoms with Gasteiger partial charge in [0.15, 0.2) is 0 Å². The molecule has 0 spiro atoms. The predicted molar refractivity (Wildman–Crippen MR) is 45.0 cm³/mol. The average molecular weight is 170 g/mol. The molecule has 0 saturated carbocycles. The summed E-state index contributed by atoms with van der Waals surface area (Å²) in [5, 5.41) is 8.81. The largest absolute Gasteiger partial charge is 0.478 e. The summed E-state index contributed by atoms with van der Waals surface area (Å²) in [5.41, 5.74) is 1.51. The first kappa shape index (κ1) is 9.26. The molecule has 1 heterocycles. The van der Waals surface area contributed by atoms with E-state index in [2.05, 4.69) is 0 Å². The Morgan fingerprint density at radius 3 is 2.83 bits per heavy atom. The van der Waals surface area contributed by atoms with E-state index in [0.29, 0.717) is 18.6 Å². The van der Waals surface area contributed by atoms with Crippen LogP contribution in [0.4, 0.5) is 0 Å². The van der Waals surface area contributed by atoms with Crippen LogP contribution in [0.1, 0.15) is 26.2 Å². The molecule has 1 rings (SSSR count). The Morgan fingerprint density at radius 1 is 1.67 bits per heavy atom. The van der Waals surface area contributed by atoms with Gasteiger partial charge in [-0.3, -0.25) is 0 Å². The van der Waals surface area contributed by atoms with Crippen LogP contribution in [0.15, 0.2) is 11.1 Å². The van der Waals surface area contributed by atoms with E-state index in [1.807, 2.05) is 6.92 Å². The molecule has 0 aliphatic carbocycles. The minimum atomic E-state index is -0.794. The van der Waals surface area contributed by atoms with Crippen molar-refractivity contribution in [2.24, 2.45) is 0 Å². The monoisotopic (exact) mass is 170 g/mol. The van der Waals surface area contributed by atoms with Crippen LogP contribution in [-0.2, 0) is 9.53 Å². The van der Waals surface area contributed by atoms with Gasteiger partial charge in [0.1, 0.15) is 0 Å². The fourth-order valence-corrected chi connectivity index (χ4v) is 1.45. The molecule has 1 aliphatic heterocycles. The number of carboxylic acid groups (broad SMARTS) is 1. The molecule has 3 nitrogen and oxygen atoms in total. The summed E-state index contributed by atoms with van der Waals surface area (Å²) >= 11 is 0. The Balaban J connectivity index is 2.75. The molecule has 1 N–H and O–H groups in total. The first-order chi connectivity index (χ1) is 5.75. The van der Waals surface area contributed by atoms with E-state index < -0.39 is 5.97 Å². The lowest BCUT2D eigenvalue weighted by molar-refractivity contribution is -0.132. The lowest BCUT2D eigenvalue weighted by Gasteiger charge is -2.16. The van der Waals surface area contributed by atoms with Crippen LogP contribution in [0.3, 0.4) is 0 Å². The fraction of sp³-hybridized carbons (Fsp3) is 0.667. The fourth-order valence-electron chi connectivity index (χ4n) is 1.45. The van der Waals surface area contributed by atoms with Crippen molar-refractivity contribution in [3.63, 3.8) is 0 Å². The Bertz CT molecular complexity index is 198. The van der Waals surface area contributed by atoms with Crippen molar-refractivity contribution >= 4 is 5.97 Å². The van der Waals surface area contributed by atoms with E-state index in [9.17, 15) is 4.79 Å². The van der Waals surface area contributed by atoms with Crippen molar-refractivity contribution in [1.82, 2.24) is 0 Å². The van der Waals surface area contributed by atoms with Gasteiger partial charge in [0, 0.05) is 12.2 Å². The minimum Gasteiger partial charge on any atom is -0.478 e. The maximum Gasteiger partial charge on any atom is 0.331 e. The molecule has 0 amide bonds. The van der Waals surface area contributed by atoms with E-state index in [1.54, 1.807) is 0 Å². The van der Waals surface area contributed by atoms with Crippen LogP contribution in [0.5, 0.6) is 0 Å². The van der Waals surface area contributed by atoms with Gasteiger partial charge in [-0.15, -0.1) is 0 Å². The highest BCUT2D eigenvalue weighted by Crippen LogP contribution is 2.18. The zero-order valence-corrected chi connectivity index (χ0v) is 7.30. The molecule has 0 aromatic heterocycles. The van der Waals surface area contributed by atoms with Gasteiger partial charge in [-0.25, -0.2) is 4.79 Å². The molecule has 3 heteroatoms. The third kappa shape index (κ3) is 2.08. The quantitative estimate of drug-likeness (QED) is 0.640. The Labute approximate surface area is 72.0 Å². The number of ether oxygens (including phenoxy) is 1. The summed E-state index contributed by atoms with van der Waals surface area (Å²) < 4.78 is 5.19. The normalized spacial score (nSPS) is 22.1. The summed E-state index contributed by atoms with van der Waals surface area (Å²) in [5.74, 6) is -0.794. The molecule has 0 aromatic rings. The second kappa shape index (κ2) is 4.26. The van der Waals surface area contributed by atoms with Crippen LogP contribution in [0.2, 0.25) is 0 Å². The summed E-state index contributed by atoms with van der Waals surface area (Å²) in [4.78, 5) is 10.7. The predicted octanol–water partition coefficient (Wildman–Crippen LogP) is 1.59. The van der Waals surface area contributed by atoms with Gasteiger partial charge in [0.05, 0.1) is 6.61 Å².